The number of hydrogen-bond donors (Lipinski definition) is 4. The summed E-state index contributed by atoms with van der Waals surface area (Å²) < 4.78 is 0. The number of benzene rings is 2. The summed E-state index contributed by atoms with van der Waals surface area (Å²) in [4.78, 5) is 43.5. The lowest BCUT2D eigenvalue weighted by Gasteiger charge is -2.30. The van der Waals surface area contributed by atoms with E-state index in [1.54, 1.807) is 0 Å². The van der Waals surface area contributed by atoms with Crippen molar-refractivity contribution in [1.29, 1.82) is 0 Å². The van der Waals surface area contributed by atoms with Crippen molar-refractivity contribution in [3.05, 3.63) is 83.7 Å². The number of pyridine rings is 2. The fourth-order valence-electron chi connectivity index (χ4n) is 6.75. The molecule has 6 heterocycles. The quantitative estimate of drug-likeness (QED) is 0.131. The van der Waals surface area contributed by atoms with E-state index in [0.717, 1.165) is 97.4 Å². The Morgan fingerprint density at radius 2 is 1.00 bits per heavy atom. The Morgan fingerprint density at radius 1 is 0.481 bits per heavy atom. The van der Waals surface area contributed by atoms with Gasteiger partial charge in [-0.05, 0) is 66.3 Å². The highest BCUT2D eigenvalue weighted by Crippen LogP contribution is 2.37. The topological polar surface area (TPSA) is 140 Å². The van der Waals surface area contributed by atoms with Gasteiger partial charge in [0.2, 0.25) is 0 Å². The molecule has 0 spiro atoms. The third-order valence-corrected chi connectivity index (χ3v) is 10.4. The van der Waals surface area contributed by atoms with E-state index in [1.165, 1.54) is 5.56 Å². The summed E-state index contributed by atoms with van der Waals surface area (Å²) in [5, 5.41) is 0. The SMILES string of the molecule is CC(C)(C)c1cccc(-c2nc3cc4[nH]c(C(C)(C)CCC(C)(C)c5ccc(-c6nc7cc8[nH]c(C(C)(C)C)nc8cc7[nH]6)nc5)nc4cc3[nH]2)n1. The van der Waals surface area contributed by atoms with E-state index in [9.17, 15) is 0 Å². The zero-order valence-corrected chi connectivity index (χ0v) is 31.9. The fraction of sp³-hybridized carbons (Fsp3) is 0.381. The van der Waals surface area contributed by atoms with Gasteiger partial charge in [-0.15, -0.1) is 0 Å². The smallest absolute Gasteiger partial charge is 0.157 e. The molecule has 10 heteroatoms. The Labute approximate surface area is 303 Å². The molecule has 0 unspecified atom stereocenters. The predicted octanol–water partition coefficient (Wildman–Crippen LogP) is 9.95. The van der Waals surface area contributed by atoms with Crippen LogP contribution in [0.15, 0.2) is 60.8 Å². The van der Waals surface area contributed by atoms with E-state index in [-0.39, 0.29) is 21.7 Å². The zero-order valence-electron chi connectivity index (χ0n) is 31.9. The van der Waals surface area contributed by atoms with E-state index >= 15 is 0 Å². The molecule has 10 nitrogen and oxygen atoms in total. The van der Waals surface area contributed by atoms with Gasteiger partial charge >= 0.3 is 0 Å². The van der Waals surface area contributed by atoms with Gasteiger partial charge in [-0.2, -0.15) is 0 Å². The molecule has 0 aliphatic carbocycles. The number of aromatic amines is 4. The van der Waals surface area contributed by atoms with Crippen molar-refractivity contribution in [2.75, 3.05) is 0 Å². The average molecular weight is 693 g/mol. The van der Waals surface area contributed by atoms with Crippen LogP contribution in [0.5, 0.6) is 0 Å². The number of H-pyrrole nitrogens is 4. The molecule has 8 aromatic rings. The molecule has 0 fully saturated rings. The third kappa shape index (κ3) is 6.14. The Bertz CT molecular complexity index is 2490. The average Bonchev–Trinajstić information content (AvgIpc) is 3.88. The maximum absolute atomic E-state index is 5.08. The van der Waals surface area contributed by atoms with Crippen LogP contribution >= 0.6 is 0 Å². The summed E-state index contributed by atoms with van der Waals surface area (Å²) in [6, 6.07) is 18.7. The monoisotopic (exact) mass is 692 g/mol. The first-order chi connectivity index (χ1) is 24.4. The summed E-state index contributed by atoms with van der Waals surface area (Å²) in [5.74, 6) is 3.47. The lowest BCUT2D eigenvalue weighted by Crippen LogP contribution is -2.25. The van der Waals surface area contributed by atoms with Crippen molar-refractivity contribution in [2.45, 2.75) is 104 Å². The van der Waals surface area contributed by atoms with Gasteiger partial charge in [0.25, 0.3) is 0 Å². The minimum atomic E-state index is -0.172. The summed E-state index contributed by atoms with van der Waals surface area (Å²) in [6.45, 7) is 22.1. The molecule has 6 aromatic heterocycles. The van der Waals surface area contributed by atoms with Crippen molar-refractivity contribution in [3.63, 3.8) is 0 Å². The number of hydrogen-bond acceptors (Lipinski definition) is 6. The molecule has 8 rings (SSSR count). The highest BCUT2D eigenvalue weighted by molar-refractivity contribution is 5.93. The summed E-state index contributed by atoms with van der Waals surface area (Å²) in [7, 11) is 0. The molecule has 0 radical (unpaired) electrons. The summed E-state index contributed by atoms with van der Waals surface area (Å²) in [6.07, 6.45) is 3.90. The summed E-state index contributed by atoms with van der Waals surface area (Å²) in [5.41, 5.74) is 11.1. The second kappa shape index (κ2) is 11.6. The lowest BCUT2D eigenvalue weighted by molar-refractivity contribution is 0.364. The van der Waals surface area contributed by atoms with Crippen LogP contribution in [0.3, 0.4) is 0 Å². The van der Waals surface area contributed by atoms with Gasteiger partial charge in [0.15, 0.2) is 11.6 Å². The van der Waals surface area contributed by atoms with Crippen LogP contribution in [-0.4, -0.2) is 49.8 Å². The van der Waals surface area contributed by atoms with Crippen molar-refractivity contribution >= 4 is 44.1 Å². The Hall–Kier alpha value is -5.38. The van der Waals surface area contributed by atoms with Crippen LogP contribution in [0.1, 0.15) is 105 Å². The number of nitrogens with one attached hydrogen (secondary N) is 4. The highest BCUT2D eigenvalue weighted by atomic mass is 15.0. The highest BCUT2D eigenvalue weighted by Gasteiger charge is 2.30. The minimum Gasteiger partial charge on any atom is -0.341 e. The van der Waals surface area contributed by atoms with Crippen molar-refractivity contribution in [1.82, 2.24) is 49.8 Å². The van der Waals surface area contributed by atoms with Crippen molar-refractivity contribution in [2.24, 2.45) is 0 Å². The first-order valence-corrected chi connectivity index (χ1v) is 18.2. The van der Waals surface area contributed by atoms with Crippen LogP contribution in [0.25, 0.3) is 67.2 Å². The van der Waals surface area contributed by atoms with Gasteiger partial charge in [-0.1, -0.05) is 81.4 Å². The lowest BCUT2D eigenvalue weighted by atomic mass is 9.75. The van der Waals surface area contributed by atoms with E-state index in [0.29, 0.717) is 0 Å². The Balaban J connectivity index is 0.971. The standard InChI is InChI=1S/C42H48N10/c1-39(2,3)34-13-11-12-25(44-34)36-47-28-20-32-33(21-29(28)48-36)52-38(51-32)42(9,10)17-16-41(7,8)23-14-15-24(43-22-23)35-45-26-18-30-31(19-27(26)46-35)50-37(49-30)40(4,5)6/h11-15,18-22H,16-17H2,1-10H3,(H,45,46)(H,47,48)(H,49,50)(H,51,52). The van der Waals surface area contributed by atoms with Crippen molar-refractivity contribution < 1.29 is 0 Å². The molecule has 0 amide bonds. The molecule has 0 aliphatic heterocycles. The molecule has 0 bridgehead atoms. The number of nitrogens with zero attached hydrogens (tertiary/aromatic N) is 6. The molecule has 52 heavy (non-hydrogen) atoms. The summed E-state index contributed by atoms with van der Waals surface area (Å²) >= 11 is 0. The maximum Gasteiger partial charge on any atom is 0.157 e. The first-order valence-electron chi connectivity index (χ1n) is 18.2. The molecular formula is C42H48N10. The van der Waals surface area contributed by atoms with Gasteiger partial charge in [-0.25, -0.2) is 24.9 Å². The molecule has 0 saturated carbocycles. The molecule has 0 saturated heterocycles. The number of rotatable bonds is 7. The van der Waals surface area contributed by atoms with E-state index < -0.39 is 0 Å². The number of fused-ring (bicyclic) bond motifs is 4. The largest absolute Gasteiger partial charge is 0.341 e. The van der Waals surface area contributed by atoms with Crippen LogP contribution in [0.4, 0.5) is 0 Å². The first kappa shape index (κ1) is 33.7. The van der Waals surface area contributed by atoms with Crippen LogP contribution in [0.2, 0.25) is 0 Å². The third-order valence-electron chi connectivity index (χ3n) is 10.4. The van der Waals surface area contributed by atoms with Crippen LogP contribution in [0, 0.1) is 0 Å². The predicted molar refractivity (Wildman–Crippen MR) is 211 cm³/mol. The van der Waals surface area contributed by atoms with Gasteiger partial charge in [0.05, 0.1) is 44.1 Å². The zero-order chi connectivity index (χ0) is 36.8. The molecule has 4 N–H and O–H groups in total. The van der Waals surface area contributed by atoms with Gasteiger partial charge in [0.1, 0.15) is 23.0 Å². The van der Waals surface area contributed by atoms with Crippen LogP contribution in [-0.2, 0) is 21.7 Å². The van der Waals surface area contributed by atoms with Gasteiger partial charge < -0.3 is 19.9 Å². The molecule has 0 atom stereocenters. The van der Waals surface area contributed by atoms with Crippen molar-refractivity contribution in [3.8, 4) is 23.0 Å². The Kier molecular flexibility index (Phi) is 7.51. The van der Waals surface area contributed by atoms with E-state index in [2.05, 4.69) is 132 Å². The van der Waals surface area contributed by atoms with E-state index in [1.807, 2.05) is 18.3 Å². The second-order valence-corrected chi connectivity index (χ2v) is 17.7. The molecule has 266 valence electrons. The number of imidazole rings is 4. The number of aromatic nitrogens is 10. The molecule has 2 aromatic carbocycles. The van der Waals surface area contributed by atoms with Gasteiger partial charge in [0, 0.05) is 28.1 Å². The van der Waals surface area contributed by atoms with Gasteiger partial charge in [-0.3, -0.25) is 4.98 Å². The minimum absolute atomic E-state index is 0.0368. The fourth-order valence-corrected chi connectivity index (χ4v) is 6.75. The second-order valence-electron chi connectivity index (χ2n) is 17.7. The molecule has 0 aliphatic rings. The molecular weight excluding hydrogens is 645 g/mol. The van der Waals surface area contributed by atoms with E-state index in [4.69, 9.17) is 29.9 Å². The Morgan fingerprint density at radius 3 is 1.56 bits per heavy atom. The normalized spacial score (nSPS) is 13.3. The maximum atomic E-state index is 5.08. The van der Waals surface area contributed by atoms with Crippen LogP contribution < -0.4 is 0 Å².